The third kappa shape index (κ3) is 27.9. The molecule has 0 amide bonds. The Morgan fingerprint density at radius 1 is 0.372 bits per heavy atom. The number of nitrogens with one attached hydrogen (secondary N) is 3. The van der Waals surface area contributed by atoms with Crippen LogP contribution in [0, 0.1) is 0 Å². The molecule has 6 aromatic carbocycles. The maximum atomic E-state index is 11.1. The molecule has 0 unspecified atom stereocenters. The predicted molar refractivity (Wildman–Crippen MR) is 316 cm³/mol. The Morgan fingerprint density at radius 2 is 0.603 bits per heavy atom. The standard InChI is InChI=1S/3C20H23Cl2NO3/c3*1-14(24)10-15-2-5-18(6-3-15)26-13-17(25)12-23-9-8-16-4-7-19(21)20(22)11-16/h3*2-7,11,17,23,25H,8-10,12-13H2,1H3/t3*17-/m000/s1. The fourth-order valence-electron chi connectivity index (χ4n) is 7.32. The molecule has 6 aromatic rings. The molecule has 6 N–H and O–H groups in total. The summed E-state index contributed by atoms with van der Waals surface area (Å²) in [6.07, 6.45) is 1.82. The topological polar surface area (TPSA) is 176 Å². The molecule has 0 saturated heterocycles. The lowest BCUT2D eigenvalue weighted by Crippen LogP contribution is -2.32. The highest BCUT2D eigenvalue weighted by atomic mass is 35.5. The van der Waals surface area contributed by atoms with Crippen LogP contribution in [-0.4, -0.2) is 110 Å². The van der Waals surface area contributed by atoms with Crippen LogP contribution in [0.3, 0.4) is 0 Å². The smallest absolute Gasteiger partial charge is 0.134 e. The molecule has 0 spiro atoms. The molecule has 0 bridgehead atoms. The van der Waals surface area contributed by atoms with Crippen LogP contribution in [-0.2, 0) is 52.9 Å². The number of carbonyl (C=O) groups is 3. The molecule has 0 radical (unpaired) electrons. The van der Waals surface area contributed by atoms with Crippen LogP contribution in [0.1, 0.15) is 54.2 Å². The lowest BCUT2D eigenvalue weighted by molar-refractivity contribution is -0.117. The molecule has 12 nitrogen and oxygen atoms in total. The van der Waals surface area contributed by atoms with E-state index in [0.717, 1.165) is 72.3 Å². The third-order valence-electron chi connectivity index (χ3n) is 11.3. The fraction of sp³-hybridized carbons (Fsp3) is 0.350. The normalized spacial score (nSPS) is 12.0. The van der Waals surface area contributed by atoms with Crippen LogP contribution in [0.5, 0.6) is 17.2 Å². The van der Waals surface area contributed by atoms with Gasteiger partial charge in [-0.2, -0.15) is 0 Å². The summed E-state index contributed by atoms with van der Waals surface area (Å²) in [6.45, 7) is 8.75. The van der Waals surface area contributed by atoms with E-state index in [0.29, 0.717) is 86.3 Å². The van der Waals surface area contributed by atoms with Crippen LogP contribution in [0.25, 0.3) is 0 Å². The minimum atomic E-state index is -0.610. The van der Waals surface area contributed by atoms with Gasteiger partial charge in [0.1, 0.15) is 72.7 Å². The van der Waals surface area contributed by atoms with Crippen molar-refractivity contribution in [2.75, 3.05) is 59.1 Å². The molecule has 420 valence electrons. The Morgan fingerprint density at radius 3 is 0.821 bits per heavy atom. The van der Waals surface area contributed by atoms with Crippen LogP contribution in [0.15, 0.2) is 127 Å². The minimum absolute atomic E-state index is 0.126. The number of aliphatic hydroxyl groups is 3. The summed E-state index contributed by atoms with van der Waals surface area (Å²) in [4.78, 5) is 33.2. The van der Waals surface area contributed by atoms with E-state index in [2.05, 4.69) is 16.0 Å². The van der Waals surface area contributed by atoms with Crippen LogP contribution < -0.4 is 30.2 Å². The maximum Gasteiger partial charge on any atom is 0.134 e. The molecular formula is C60H69Cl6N3O9. The highest BCUT2D eigenvalue weighted by Crippen LogP contribution is 2.25. The summed E-state index contributed by atoms with van der Waals surface area (Å²) in [5, 5.41) is 42.8. The first-order valence-corrected chi connectivity index (χ1v) is 27.7. The van der Waals surface area contributed by atoms with Crippen molar-refractivity contribution in [3.8, 4) is 17.2 Å². The molecule has 0 saturated carbocycles. The lowest BCUT2D eigenvalue weighted by atomic mass is 10.1. The van der Waals surface area contributed by atoms with Gasteiger partial charge in [-0.3, -0.25) is 14.4 Å². The number of Topliss-reactive ketones (excluding diaryl/α,β-unsaturated/α-hetero) is 3. The quantitative estimate of drug-likeness (QED) is 0.0236. The second-order valence-electron chi connectivity index (χ2n) is 18.6. The van der Waals surface area contributed by atoms with Crippen molar-refractivity contribution in [3.05, 3.63) is 191 Å². The molecule has 0 fully saturated rings. The summed E-state index contributed by atoms with van der Waals surface area (Å²) < 4.78 is 16.7. The summed E-state index contributed by atoms with van der Waals surface area (Å²) in [7, 11) is 0. The van der Waals surface area contributed by atoms with Gasteiger partial charge in [-0.15, -0.1) is 0 Å². The van der Waals surface area contributed by atoms with Crippen molar-refractivity contribution in [2.24, 2.45) is 0 Å². The third-order valence-corrected chi connectivity index (χ3v) is 13.5. The number of hydrogen-bond donors (Lipinski definition) is 6. The Hall–Kier alpha value is -4.77. The number of halogens is 6. The summed E-state index contributed by atoms with van der Waals surface area (Å²) in [5.74, 6) is 2.40. The molecule has 18 heteroatoms. The average molecular weight is 1190 g/mol. The number of hydrogen-bond acceptors (Lipinski definition) is 12. The van der Waals surface area contributed by atoms with Gasteiger partial charge in [-0.25, -0.2) is 0 Å². The Bertz CT molecular complexity index is 2460. The Balaban J connectivity index is 0.000000252. The minimum Gasteiger partial charge on any atom is -0.491 e. The summed E-state index contributed by atoms with van der Waals surface area (Å²) >= 11 is 35.6. The maximum absolute atomic E-state index is 11.1. The molecule has 0 aliphatic rings. The van der Waals surface area contributed by atoms with E-state index in [4.69, 9.17) is 83.8 Å². The van der Waals surface area contributed by atoms with Gasteiger partial charge >= 0.3 is 0 Å². The number of carbonyl (C=O) groups excluding carboxylic acids is 3. The largest absolute Gasteiger partial charge is 0.491 e. The van der Waals surface area contributed by atoms with Gasteiger partial charge in [0.15, 0.2) is 0 Å². The van der Waals surface area contributed by atoms with Gasteiger partial charge in [0.05, 0.1) is 30.1 Å². The molecular weight excluding hydrogens is 1120 g/mol. The van der Waals surface area contributed by atoms with Crippen molar-refractivity contribution in [1.82, 2.24) is 16.0 Å². The average Bonchev–Trinajstić information content (AvgIpc) is 3.40. The Kier molecular flexibility index (Phi) is 30.7. The van der Waals surface area contributed by atoms with Gasteiger partial charge in [0.2, 0.25) is 0 Å². The molecule has 78 heavy (non-hydrogen) atoms. The van der Waals surface area contributed by atoms with Crippen molar-refractivity contribution >= 4 is 87.0 Å². The van der Waals surface area contributed by atoms with Crippen molar-refractivity contribution in [1.29, 1.82) is 0 Å². The number of benzene rings is 6. The van der Waals surface area contributed by atoms with E-state index in [9.17, 15) is 29.7 Å². The van der Waals surface area contributed by atoms with Crippen molar-refractivity contribution in [3.63, 3.8) is 0 Å². The molecule has 0 aromatic heterocycles. The van der Waals surface area contributed by atoms with Gasteiger partial charge in [-0.05, 0) is 166 Å². The summed E-state index contributed by atoms with van der Waals surface area (Å²) in [6, 6.07) is 38.7. The fourth-order valence-corrected chi connectivity index (χ4v) is 8.28. The van der Waals surface area contributed by atoms with E-state index < -0.39 is 18.3 Å². The first-order chi connectivity index (χ1) is 37.3. The monoisotopic (exact) mass is 1190 g/mol. The van der Waals surface area contributed by atoms with E-state index in [1.54, 1.807) is 39.0 Å². The summed E-state index contributed by atoms with van der Waals surface area (Å²) in [5.41, 5.74) is 6.12. The highest BCUT2D eigenvalue weighted by molar-refractivity contribution is 6.43. The number of ketones is 3. The first kappa shape index (κ1) is 65.7. The van der Waals surface area contributed by atoms with E-state index >= 15 is 0 Å². The Labute approximate surface area is 488 Å². The van der Waals surface area contributed by atoms with Crippen molar-refractivity contribution in [2.45, 2.75) is 77.6 Å². The molecule has 0 aliphatic heterocycles. The molecule has 0 heterocycles. The zero-order chi connectivity index (χ0) is 56.8. The van der Waals surface area contributed by atoms with Crippen LogP contribution in [0.2, 0.25) is 30.1 Å². The predicted octanol–water partition coefficient (Wildman–Crippen LogP) is 11.1. The first-order valence-electron chi connectivity index (χ1n) is 25.4. The van der Waals surface area contributed by atoms with Gasteiger partial charge < -0.3 is 45.5 Å². The highest BCUT2D eigenvalue weighted by Gasteiger charge is 2.10. The van der Waals surface area contributed by atoms with Crippen molar-refractivity contribution < 1.29 is 43.9 Å². The second kappa shape index (κ2) is 36.5. The van der Waals surface area contributed by atoms with Crippen LogP contribution in [0.4, 0.5) is 0 Å². The van der Waals surface area contributed by atoms with Gasteiger partial charge in [-0.1, -0.05) is 124 Å². The lowest BCUT2D eigenvalue weighted by Gasteiger charge is -2.13. The number of rotatable bonds is 30. The number of aliphatic hydroxyl groups excluding tert-OH is 3. The SMILES string of the molecule is CC(=O)Cc1ccc(OC[C@@H](O)CNCCc2ccc(Cl)c(Cl)c2)cc1.CC(=O)Cc1ccc(OC[C@@H](O)CNCCc2ccc(Cl)c(Cl)c2)cc1.CC(=O)Cc1ccc(OC[C@@H](O)CNCCc2ccc(Cl)c(Cl)c2)cc1. The molecule has 6 rings (SSSR count). The molecule has 3 atom stereocenters. The molecule has 0 aliphatic carbocycles. The zero-order valence-corrected chi connectivity index (χ0v) is 48.6. The van der Waals surface area contributed by atoms with Gasteiger partial charge in [0, 0.05) is 38.9 Å². The zero-order valence-electron chi connectivity index (χ0n) is 44.0. The van der Waals surface area contributed by atoms with Gasteiger partial charge in [0.25, 0.3) is 0 Å². The second-order valence-corrected chi connectivity index (χ2v) is 21.0. The van der Waals surface area contributed by atoms with E-state index in [1.807, 2.05) is 109 Å². The van der Waals surface area contributed by atoms with Crippen LogP contribution >= 0.6 is 69.6 Å². The number of ether oxygens (including phenoxy) is 3. The van der Waals surface area contributed by atoms with E-state index in [1.165, 1.54) is 0 Å². The van der Waals surface area contributed by atoms with E-state index in [-0.39, 0.29) is 37.2 Å².